The molecule has 0 aliphatic heterocycles. The molecule has 1 atom stereocenters. The van der Waals surface area contributed by atoms with Crippen molar-refractivity contribution in [1.29, 1.82) is 0 Å². The van der Waals surface area contributed by atoms with E-state index >= 15 is 0 Å². The molecule has 0 aliphatic rings. The van der Waals surface area contributed by atoms with E-state index in [2.05, 4.69) is 4.36 Å². The Bertz CT molecular complexity index is 825. The fourth-order valence-corrected chi connectivity index (χ4v) is 3.00. The van der Waals surface area contributed by atoms with Gasteiger partial charge in [0.1, 0.15) is 15.7 Å². The van der Waals surface area contributed by atoms with Crippen LogP contribution in [-0.2, 0) is 9.92 Å². The Hall–Kier alpha value is -1.89. The molecule has 2 aromatic carbocycles. The van der Waals surface area contributed by atoms with Gasteiger partial charge in [-0.2, -0.15) is 0 Å². The molecule has 22 heavy (non-hydrogen) atoms. The average molecular weight is 339 g/mol. The Balaban J connectivity index is 2.38. The topological polar surface area (TPSA) is 81.8 Å². The third-order valence-corrected chi connectivity index (χ3v) is 4.66. The molecule has 5 nitrogen and oxygen atoms in total. The highest BCUT2D eigenvalue weighted by Crippen LogP contribution is 2.25. The summed E-state index contributed by atoms with van der Waals surface area (Å²) in [5, 5.41) is 5.97. The number of nitrogens with two attached hydrogens (primary N) is 1. The van der Waals surface area contributed by atoms with Crippen molar-refractivity contribution in [2.75, 3.05) is 7.11 Å². The smallest absolute Gasteiger partial charge is 0.286 e. The molecule has 0 saturated heterocycles. The van der Waals surface area contributed by atoms with Gasteiger partial charge in [-0.3, -0.25) is 4.79 Å². The number of benzene rings is 2. The van der Waals surface area contributed by atoms with Gasteiger partial charge in [0.15, 0.2) is 0 Å². The average Bonchev–Trinajstić information content (AvgIpc) is 2.47. The van der Waals surface area contributed by atoms with Crippen molar-refractivity contribution in [3.8, 4) is 5.75 Å². The number of aryl methyl sites for hydroxylation is 1. The van der Waals surface area contributed by atoms with Crippen LogP contribution in [0.5, 0.6) is 5.75 Å². The van der Waals surface area contributed by atoms with Gasteiger partial charge in [-0.1, -0.05) is 29.3 Å². The molecular formula is C15H15ClN2O3S. The van der Waals surface area contributed by atoms with E-state index in [0.29, 0.717) is 10.6 Å². The van der Waals surface area contributed by atoms with Crippen molar-refractivity contribution in [3.63, 3.8) is 0 Å². The van der Waals surface area contributed by atoms with Crippen LogP contribution in [0.15, 0.2) is 51.7 Å². The van der Waals surface area contributed by atoms with E-state index in [-0.39, 0.29) is 10.6 Å². The van der Waals surface area contributed by atoms with E-state index in [0.717, 1.165) is 5.56 Å². The molecule has 0 heterocycles. The molecule has 2 N–H and O–H groups in total. The summed E-state index contributed by atoms with van der Waals surface area (Å²) in [6, 6.07) is 11.1. The van der Waals surface area contributed by atoms with Gasteiger partial charge in [0.05, 0.1) is 17.0 Å². The molecule has 0 aliphatic carbocycles. The lowest BCUT2D eigenvalue weighted by molar-refractivity contribution is 0.100. The van der Waals surface area contributed by atoms with E-state index in [1.54, 1.807) is 24.3 Å². The van der Waals surface area contributed by atoms with Crippen LogP contribution in [0.25, 0.3) is 0 Å². The Labute approximate surface area is 134 Å². The van der Waals surface area contributed by atoms with E-state index < -0.39 is 15.8 Å². The number of nitrogens with zero attached hydrogens (tertiary/aromatic N) is 1. The highest BCUT2D eigenvalue weighted by molar-refractivity contribution is 7.91. The molecule has 2 aromatic rings. The SMILES string of the molecule is COc1ccc(C(=O)N=S(N)(=O)c2ccc(C)cc2)cc1Cl. The van der Waals surface area contributed by atoms with Crippen LogP contribution in [-0.4, -0.2) is 17.2 Å². The highest BCUT2D eigenvalue weighted by atomic mass is 35.5. The quantitative estimate of drug-likeness (QED) is 0.932. The molecular weight excluding hydrogens is 324 g/mol. The summed E-state index contributed by atoms with van der Waals surface area (Å²) >= 11 is 5.96. The number of hydrogen-bond acceptors (Lipinski definition) is 3. The largest absolute Gasteiger partial charge is 0.495 e. The Kier molecular flexibility index (Phi) is 4.85. The zero-order chi connectivity index (χ0) is 16.3. The number of ether oxygens (including phenoxy) is 1. The van der Waals surface area contributed by atoms with Crippen LogP contribution >= 0.6 is 11.6 Å². The van der Waals surface area contributed by atoms with Crippen LogP contribution < -0.4 is 9.88 Å². The van der Waals surface area contributed by atoms with Crippen LogP contribution in [0.4, 0.5) is 0 Å². The first-order chi connectivity index (χ1) is 10.3. The number of halogens is 1. The second kappa shape index (κ2) is 6.48. The maximum atomic E-state index is 12.4. The van der Waals surface area contributed by atoms with Crippen LogP contribution in [0.2, 0.25) is 5.02 Å². The van der Waals surface area contributed by atoms with Crippen molar-refractivity contribution >= 4 is 27.4 Å². The summed E-state index contributed by atoms with van der Waals surface area (Å²) < 4.78 is 21.1. The van der Waals surface area contributed by atoms with Crippen molar-refractivity contribution in [2.45, 2.75) is 11.8 Å². The number of methoxy groups -OCH3 is 1. The summed E-state index contributed by atoms with van der Waals surface area (Å²) in [5.74, 6) is -0.261. The molecule has 116 valence electrons. The van der Waals surface area contributed by atoms with Crippen LogP contribution in [0.1, 0.15) is 15.9 Å². The molecule has 0 bridgehead atoms. The monoisotopic (exact) mass is 338 g/mol. The summed E-state index contributed by atoms with van der Waals surface area (Å²) in [6.07, 6.45) is 0. The maximum absolute atomic E-state index is 12.4. The van der Waals surface area contributed by atoms with Crippen molar-refractivity contribution in [1.82, 2.24) is 0 Å². The number of amides is 1. The van der Waals surface area contributed by atoms with Gasteiger partial charge >= 0.3 is 0 Å². The van der Waals surface area contributed by atoms with Gasteiger partial charge in [-0.05, 0) is 37.3 Å². The fourth-order valence-electron chi connectivity index (χ4n) is 1.76. The van der Waals surface area contributed by atoms with Crippen LogP contribution in [0, 0.1) is 6.92 Å². The van der Waals surface area contributed by atoms with Gasteiger partial charge in [-0.25, -0.2) is 9.35 Å². The second-order valence-corrected chi connectivity index (χ2v) is 6.83. The highest BCUT2D eigenvalue weighted by Gasteiger charge is 2.13. The standard InChI is InChI=1S/C15H15ClN2O3S/c1-10-3-6-12(7-4-10)22(17,20)18-15(19)11-5-8-14(21-2)13(16)9-11/h3-9H,1-2H3,(H2,17,18,19,20). The Morgan fingerprint density at radius 3 is 2.41 bits per heavy atom. The van der Waals surface area contributed by atoms with Crippen LogP contribution in [0.3, 0.4) is 0 Å². The predicted octanol–water partition coefficient (Wildman–Crippen LogP) is 3.20. The lowest BCUT2D eigenvalue weighted by atomic mass is 10.2. The minimum Gasteiger partial charge on any atom is -0.495 e. The summed E-state index contributed by atoms with van der Waals surface area (Å²) in [5.41, 5.74) is 1.18. The van der Waals surface area contributed by atoms with Gasteiger partial charge in [0.25, 0.3) is 5.91 Å². The lowest BCUT2D eigenvalue weighted by Gasteiger charge is -2.06. The van der Waals surface area contributed by atoms with Gasteiger partial charge in [-0.15, -0.1) is 4.36 Å². The van der Waals surface area contributed by atoms with Gasteiger partial charge in [0.2, 0.25) is 0 Å². The zero-order valence-electron chi connectivity index (χ0n) is 12.1. The molecule has 1 amide bonds. The van der Waals surface area contributed by atoms with E-state index in [4.69, 9.17) is 21.5 Å². The normalized spacial score (nSPS) is 13.3. The minimum absolute atomic E-state index is 0.191. The first kappa shape index (κ1) is 16.5. The summed E-state index contributed by atoms with van der Waals surface area (Å²) in [7, 11) is -1.83. The number of carbonyl (C=O) groups excluding carboxylic acids is 1. The maximum Gasteiger partial charge on any atom is 0.286 e. The molecule has 0 radical (unpaired) electrons. The number of rotatable bonds is 3. The number of hydrogen-bond donors (Lipinski definition) is 1. The Morgan fingerprint density at radius 2 is 1.86 bits per heavy atom. The second-order valence-electron chi connectivity index (χ2n) is 4.63. The van der Waals surface area contributed by atoms with Crippen molar-refractivity contribution < 1.29 is 13.7 Å². The minimum atomic E-state index is -3.30. The fraction of sp³-hybridized carbons (Fsp3) is 0.133. The zero-order valence-corrected chi connectivity index (χ0v) is 13.6. The van der Waals surface area contributed by atoms with Crippen molar-refractivity contribution in [2.24, 2.45) is 9.50 Å². The molecule has 0 fully saturated rings. The van der Waals surface area contributed by atoms with E-state index in [9.17, 15) is 9.00 Å². The number of carbonyl (C=O) groups is 1. The molecule has 0 aromatic heterocycles. The predicted molar refractivity (Wildman–Crippen MR) is 86.5 cm³/mol. The Morgan fingerprint density at radius 1 is 1.23 bits per heavy atom. The molecule has 0 spiro atoms. The first-order valence-corrected chi connectivity index (χ1v) is 8.28. The molecule has 0 saturated carbocycles. The van der Waals surface area contributed by atoms with E-state index in [1.807, 2.05) is 6.92 Å². The lowest BCUT2D eigenvalue weighted by Crippen LogP contribution is -2.15. The third-order valence-electron chi connectivity index (χ3n) is 2.98. The molecule has 2 rings (SSSR count). The summed E-state index contributed by atoms with van der Waals surface area (Å²) in [6.45, 7) is 1.89. The van der Waals surface area contributed by atoms with E-state index in [1.165, 1.54) is 25.3 Å². The van der Waals surface area contributed by atoms with Gasteiger partial charge < -0.3 is 4.74 Å². The molecule has 7 heteroatoms. The van der Waals surface area contributed by atoms with Crippen molar-refractivity contribution in [3.05, 3.63) is 58.6 Å². The third kappa shape index (κ3) is 3.65. The first-order valence-electron chi connectivity index (χ1n) is 6.33. The molecule has 1 unspecified atom stereocenters. The van der Waals surface area contributed by atoms with Gasteiger partial charge in [0, 0.05) is 5.56 Å². The summed E-state index contributed by atoms with van der Waals surface area (Å²) in [4.78, 5) is 12.4.